The average Bonchev–Trinajstić information content (AvgIpc) is 2.71. The third-order valence-corrected chi connectivity index (χ3v) is 5.46. The minimum Gasteiger partial charge on any atom is -0.444 e. The maximum Gasteiger partial charge on any atom is 0.410 e. The van der Waals surface area contributed by atoms with Crippen LogP contribution in [0.5, 0.6) is 0 Å². The fourth-order valence-electron chi connectivity index (χ4n) is 3.80. The predicted molar refractivity (Wildman–Crippen MR) is 119 cm³/mol. The molecule has 0 spiro atoms. The quantitative estimate of drug-likeness (QED) is 0.623. The highest BCUT2D eigenvalue weighted by Crippen LogP contribution is 2.23. The first-order valence-electron chi connectivity index (χ1n) is 10.5. The summed E-state index contributed by atoms with van der Waals surface area (Å²) in [5.41, 5.74) is 2.64. The van der Waals surface area contributed by atoms with Gasteiger partial charge in [-0.25, -0.2) is 14.8 Å². The highest BCUT2D eigenvalue weighted by molar-refractivity contribution is 6.28. The summed E-state index contributed by atoms with van der Waals surface area (Å²) in [7, 11) is 0. The first-order chi connectivity index (χ1) is 14.2. The van der Waals surface area contributed by atoms with Crippen LogP contribution in [-0.4, -0.2) is 57.1 Å². The number of piperidine rings is 1. The Balaban J connectivity index is 1.61. The Bertz CT molecular complexity index is 860. The number of aromatic nitrogens is 2. The Hall–Kier alpha value is -2.18. The number of halogens is 1. The summed E-state index contributed by atoms with van der Waals surface area (Å²) in [6, 6.07) is 10.7. The maximum atomic E-state index is 12.3. The predicted octanol–water partition coefficient (Wildman–Crippen LogP) is 5.02. The van der Waals surface area contributed by atoms with E-state index >= 15 is 0 Å². The number of nitrogens with zero attached hydrogens (tertiary/aromatic N) is 4. The first kappa shape index (κ1) is 22.5. The molecule has 1 fully saturated rings. The molecule has 2 heterocycles. The van der Waals surface area contributed by atoms with E-state index in [2.05, 4.69) is 40.0 Å². The Labute approximate surface area is 184 Å². The molecule has 0 N–H and O–H groups in total. The lowest BCUT2D eigenvalue weighted by Gasteiger charge is -2.38. The Morgan fingerprint density at radius 2 is 2.00 bits per heavy atom. The van der Waals surface area contributed by atoms with Gasteiger partial charge in [0.2, 0.25) is 5.28 Å². The monoisotopic (exact) mass is 430 g/mol. The van der Waals surface area contributed by atoms with E-state index in [-0.39, 0.29) is 11.4 Å². The molecule has 30 heavy (non-hydrogen) atoms. The van der Waals surface area contributed by atoms with Crippen LogP contribution in [0.4, 0.5) is 4.79 Å². The van der Waals surface area contributed by atoms with Crippen LogP contribution in [0.15, 0.2) is 36.5 Å². The van der Waals surface area contributed by atoms with E-state index in [0.717, 1.165) is 50.3 Å². The number of rotatable bonds is 5. The molecule has 0 atom stereocenters. The summed E-state index contributed by atoms with van der Waals surface area (Å²) in [6.45, 7) is 11.2. The smallest absolute Gasteiger partial charge is 0.410 e. The number of carbonyl (C=O) groups excluding carboxylic acids is 1. The van der Waals surface area contributed by atoms with Gasteiger partial charge in [-0.3, -0.25) is 4.90 Å². The summed E-state index contributed by atoms with van der Waals surface area (Å²) < 4.78 is 5.51. The average molecular weight is 431 g/mol. The van der Waals surface area contributed by atoms with Crippen molar-refractivity contribution < 1.29 is 9.53 Å². The Morgan fingerprint density at radius 3 is 2.63 bits per heavy atom. The fourth-order valence-corrected chi connectivity index (χ4v) is 3.95. The molecule has 7 heteroatoms. The van der Waals surface area contributed by atoms with Crippen molar-refractivity contribution in [1.29, 1.82) is 0 Å². The van der Waals surface area contributed by atoms with Gasteiger partial charge >= 0.3 is 6.09 Å². The highest BCUT2D eigenvalue weighted by atomic mass is 35.5. The van der Waals surface area contributed by atoms with Crippen LogP contribution in [0.3, 0.4) is 0 Å². The third kappa shape index (κ3) is 6.16. The number of amides is 1. The molecule has 0 aliphatic carbocycles. The van der Waals surface area contributed by atoms with Crippen LogP contribution >= 0.6 is 11.6 Å². The normalized spacial score (nSPS) is 15.5. The highest BCUT2D eigenvalue weighted by Gasteiger charge is 2.29. The molecule has 1 aliphatic heterocycles. The molecule has 1 aromatic heterocycles. The van der Waals surface area contributed by atoms with Gasteiger partial charge < -0.3 is 9.64 Å². The van der Waals surface area contributed by atoms with Crippen LogP contribution in [0.1, 0.15) is 46.1 Å². The van der Waals surface area contributed by atoms with Gasteiger partial charge in [0.15, 0.2) is 0 Å². The van der Waals surface area contributed by atoms with Crippen LogP contribution in [0.2, 0.25) is 5.28 Å². The molecular weight excluding hydrogens is 400 g/mol. The van der Waals surface area contributed by atoms with Crippen LogP contribution in [-0.2, 0) is 11.3 Å². The molecule has 1 aliphatic rings. The van der Waals surface area contributed by atoms with E-state index in [4.69, 9.17) is 16.3 Å². The molecule has 162 valence electrons. The summed E-state index contributed by atoms with van der Waals surface area (Å²) in [5.74, 6) is 0. The molecule has 6 nitrogen and oxygen atoms in total. The van der Waals surface area contributed by atoms with E-state index in [0.29, 0.717) is 6.04 Å². The lowest BCUT2D eigenvalue weighted by Crippen LogP contribution is -2.47. The van der Waals surface area contributed by atoms with Crippen molar-refractivity contribution in [2.24, 2.45) is 0 Å². The summed E-state index contributed by atoms with van der Waals surface area (Å²) in [5, 5.41) is 0.254. The second kappa shape index (κ2) is 9.75. The van der Waals surface area contributed by atoms with E-state index in [1.807, 2.05) is 37.8 Å². The van der Waals surface area contributed by atoms with E-state index < -0.39 is 5.60 Å². The number of ether oxygens (including phenoxy) is 1. The maximum absolute atomic E-state index is 12.3. The van der Waals surface area contributed by atoms with E-state index in [1.165, 1.54) is 5.56 Å². The molecule has 1 saturated heterocycles. The zero-order valence-corrected chi connectivity index (χ0v) is 19.0. The topological polar surface area (TPSA) is 58.6 Å². The van der Waals surface area contributed by atoms with Crippen LogP contribution < -0.4 is 0 Å². The standard InChI is InChI=1S/C23H31ClN4O2/c1-5-27(19-10-13-28(14-11-19)22(29)30-23(2,3)4)16-17-7-6-8-18(15-17)20-9-12-25-21(24)26-20/h6-9,12,15,19H,5,10-11,13-14,16H2,1-4H3. The van der Waals surface area contributed by atoms with Gasteiger partial charge in [0.05, 0.1) is 5.69 Å². The van der Waals surface area contributed by atoms with Gasteiger partial charge in [-0.05, 0) is 69.5 Å². The summed E-state index contributed by atoms with van der Waals surface area (Å²) >= 11 is 5.94. The van der Waals surface area contributed by atoms with Crippen molar-refractivity contribution in [3.05, 3.63) is 47.4 Å². The van der Waals surface area contributed by atoms with Crippen molar-refractivity contribution in [3.8, 4) is 11.3 Å². The molecule has 1 amide bonds. The zero-order chi connectivity index (χ0) is 21.7. The van der Waals surface area contributed by atoms with Crippen molar-refractivity contribution >= 4 is 17.7 Å². The SMILES string of the molecule is CCN(Cc1cccc(-c2ccnc(Cl)n2)c1)C1CCN(C(=O)OC(C)(C)C)CC1. The molecule has 0 bridgehead atoms. The molecule has 0 saturated carbocycles. The minimum absolute atomic E-state index is 0.208. The minimum atomic E-state index is -0.456. The molecular formula is C23H31ClN4O2. The first-order valence-corrected chi connectivity index (χ1v) is 10.9. The van der Waals surface area contributed by atoms with Crippen LogP contribution in [0.25, 0.3) is 11.3 Å². The fraction of sp³-hybridized carbons (Fsp3) is 0.522. The van der Waals surface area contributed by atoms with Gasteiger partial charge in [-0.2, -0.15) is 0 Å². The number of carbonyl (C=O) groups is 1. The van der Waals surface area contributed by atoms with E-state index in [9.17, 15) is 4.79 Å². The zero-order valence-electron chi connectivity index (χ0n) is 18.3. The van der Waals surface area contributed by atoms with Gasteiger partial charge in [-0.15, -0.1) is 0 Å². The molecule has 2 aromatic rings. The Kier molecular flexibility index (Phi) is 7.32. The van der Waals surface area contributed by atoms with Gasteiger partial charge in [-0.1, -0.05) is 25.1 Å². The van der Waals surface area contributed by atoms with Gasteiger partial charge in [0.1, 0.15) is 5.60 Å². The number of hydrogen-bond donors (Lipinski definition) is 0. The number of hydrogen-bond acceptors (Lipinski definition) is 5. The van der Waals surface area contributed by atoms with Crippen molar-refractivity contribution in [1.82, 2.24) is 19.8 Å². The Morgan fingerprint density at radius 1 is 1.27 bits per heavy atom. The van der Waals surface area contributed by atoms with Crippen molar-refractivity contribution in [3.63, 3.8) is 0 Å². The molecule has 0 unspecified atom stereocenters. The van der Waals surface area contributed by atoms with Crippen molar-refractivity contribution in [2.75, 3.05) is 19.6 Å². The lowest BCUT2D eigenvalue weighted by atomic mass is 10.0. The van der Waals surface area contributed by atoms with Crippen molar-refractivity contribution in [2.45, 2.75) is 58.7 Å². The van der Waals surface area contributed by atoms with Gasteiger partial charge in [0, 0.05) is 37.4 Å². The third-order valence-electron chi connectivity index (χ3n) is 5.27. The number of likely N-dealkylation sites (tertiary alicyclic amines) is 1. The number of benzene rings is 1. The molecule has 0 radical (unpaired) electrons. The second-order valence-electron chi connectivity index (χ2n) is 8.67. The van der Waals surface area contributed by atoms with Crippen LogP contribution in [0, 0.1) is 0 Å². The molecule has 1 aromatic carbocycles. The van der Waals surface area contributed by atoms with E-state index in [1.54, 1.807) is 6.20 Å². The summed E-state index contributed by atoms with van der Waals surface area (Å²) in [6.07, 6.45) is 3.37. The summed E-state index contributed by atoms with van der Waals surface area (Å²) in [4.78, 5) is 24.9. The van der Waals surface area contributed by atoms with Gasteiger partial charge in [0.25, 0.3) is 0 Å². The molecule has 3 rings (SSSR count). The largest absolute Gasteiger partial charge is 0.444 e. The lowest BCUT2D eigenvalue weighted by molar-refractivity contribution is 0.0141. The second-order valence-corrected chi connectivity index (χ2v) is 9.01.